The van der Waals surface area contributed by atoms with E-state index in [9.17, 15) is 4.79 Å². The van der Waals surface area contributed by atoms with Gasteiger partial charge in [0.25, 0.3) is 0 Å². The van der Waals surface area contributed by atoms with Gasteiger partial charge in [-0.3, -0.25) is 4.79 Å². The quantitative estimate of drug-likeness (QED) is 0.634. The van der Waals surface area contributed by atoms with E-state index in [0.717, 1.165) is 19.4 Å². The summed E-state index contributed by atoms with van der Waals surface area (Å²) in [6, 6.07) is 0.298. The van der Waals surface area contributed by atoms with Crippen molar-refractivity contribution in [2.24, 2.45) is 0 Å². The summed E-state index contributed by atoms with van der Waals surface area (Å²) >= 11 is 0. The zero-order valence-electron chi connectivity index (χ0n) is 7.38. The average molecular weight is 169 g/mol. The van der Waals surface area contributed by atoms with Crippen molar-refractivity contribution in [2.45, 2.75) is 31.9 Å². The van der Waals surface area contributed by atoms with E-state index in [0.29, 0.717) is 12.1 Å². The van der Waals surface area contributed by atoms with E-state index >= 15 is 0 Å². The molecule has 3 nitrogen and oxygen atoms in total. The molecule has 1 fully saturated rings. The Morgan fingerprint density at radius 1 is 1.75 bits per heavy atom. The molecule has 0 saturated heterocycles. The van der Waals surface area contributed by atoms with Crippen LogP contribution in [0.3, 0.4) is 0 Å². The van der Waals surface area contributed by atoms with E-state index in [1.54, 1.807) is 0 Å². The van der Waals surface area contributed by atoms with E-state index in [2.05, 4.69) is 11.9 Å². The highest BCUT2D eigenvalue weighted by molar-refractivity contribution is 5.87. The highest BCUT2D eigenvalue weighted by atomic mass is 16.5. The van der Waals surface area contributed by atoms with Crippen LogP contribution in [0.15, 0.2) is 12.7 Å². The zero-order valence-corrected chi connectivity index (χ0v) is 7.38. The highest BCUT2D eigenvalue weighted by Crippen LogP contribution is 2.22. The number of amides is 1. The fourth-order valence-corrected chi connectivity index (χ4v) is 1.32. The van der Waals surface area contributed by atoms with E-state index in [-0.39, 0.29) is 5.91 Å². The Labute approximate surface area is 72.8 Å². The smallest absolute Gasteiger partial charge is 0.243 e. The number of hydrogen-bond donors (Lipinski definition) is 1. The minimum absolute atomic E-state index is 0.0880. The second-order valence-electron chi connectivity index (χ2n) is 2.96. The molecule has 0 unspecified atom stereocenters. The Bertz CT molecular complexity index is 173. The first-order valence-corrected chi connectivity index (χ1v) is 4.30. The molecule has 1 amide bonds. The van der Waals surface area contributed by atoms with Crippen LogP contribution in [-0.4, -0.2) is 24.7 Å². The van der Waals surface area contributed by atoms with Crippen LogP contribution in [0.1, 0.15) is 19.8 Å². The van der Waals surface area contributed by atoms with Crippen molar-refractivity contribution < 1.29 is 9.53 Å². The molecule has 0 aliphatic heterocycles. The SMILES string of the molecule is C=CC(=O)NC1CC(OCC)C1. The van der Waals surface area contributed by atoms with Gasteiger partial charge in [-0.05, 0) is 25.8 Å². The van der Waals surface area contributed by atoms with Gasteiger partial charge < -0.3 is 10.1 Å². The second kappa shape index (κ2) is 4.26. The lowest BCUT2D eigenvalue weighted by Gasteiger charge is -2.34. The van der Waals surface area contributed by atoms with Crippen LogP contribution in [0.4, 0.5) is 0 Å². The molecule has 0 aromatic rings. The summed E-state index contributed by atoms with van der Waals surface area (Å²) in [4.78, 5) is 10.8. The molecule has 1 aliphatic rings. The minimum atomic E-state index is -0.0880. The zero-order chi connectivity index (χ0) is 8.97. The second-order valence-corrected chi connectivity index (χ2v) is 2.96. The number of ether oxygens (including phenoxy) is 1. The first-order chi connectivity index (χ1) is 5.76. The van der Waals surface area contributed by atoms with Crippen LogP contribution in [-0.2, 0) is 9.53 Å². The summed E-state index contributed by atoms with van der Waals surface area (Å²) in [7, 11) is 0. The predicted octanol–water partition coefficient (Wildman–Crippen LogP) is 0.856. The molecule has 0 aromatic heterocycles. The normalized spacial score (nSPS) is 27.4. The first kappa shape index (κ1) is 9.26. The summed E-state index contributed by atoms with van der Waals surface area (Å²) in [5.41, 5.74) is 0. The van der Waals surface area contributed by atoms with Crippen LogP contribution in [0.5, 0.6) is 0 Å². The number of rotatable bonds is 4. The molecule has 0 spiro atoms. The molecule has 1 aliphatic carbocycles. The molecule has 1 N–H and O–H groups in total. The van der Waals surface area contributed by atoms with Crippen molar-refractivity contribution in [3.8, 4) is 0 Å². The lowest BCUT2D eigenvalue weighted by atomic mass is 9.89. The van der Waals surface area contributed by atoms with E-state index < -0.39 is 0 Å². The Morgan fingerprint density at radius 3 is 2.92 bits per heavy atom. The van der Waals surface area contributed by atoms with Gasteiger partial charge in [-0.25, -0.2) is 0 Å². The molecule has 0 aromatic carbocycles. The van der Waals surface area contributed by atoms with Gasteiger partial charge in [0.2, 0.25) is 5.91 Å². The third-order valence-electron chi connectivity index (χ3n) is 2.03. The number of carbonyl (C=O) groups excluding carboxylic acids is 1. The molecule has 0 atom stereocenters. The number of nitrogens with one attached hydrogen (secondary N) is 1. The third-order valence-corrected chi connectivity index (χ3v) is 2.03. The molecule has 3 heteroatoms. The van der Waals surface area contributed by atoms with Gasteiger partial charge >= 0.3 is 0 Å². The largest absolute Gasteiger partial charge is 0.378 e. The monoisotopic (exact) mass is 169 g/mol. The molecular formula is C9H15NO2. The fraction of sp³-hybridized carbons (Fsp3) is 0.667. The maximum atomic E-state index is 10.8. The Hall–Kier alpha value is -0.830. The number of carbonyl (C=O) groups is 1. The van der Waals surface area contributed by atoms with Crippen LogP contribution in [0, 0.1) is 0 Å². The van der Waals surface area contributed by atoms with Gasteiger partial charge in [0.05, 0.1) is 6.10 Å². The van der Waals surface area contributed by atoms with Gasteiger partial charge in [-0.15, -0.1) is 0 Å². The van der Waals surface area contributed by atoms with E-state index in [4.69, 9.17) is 4.74 Å². The molecule has 68 valence electrons. The third kappa shape index (κ3) is 2.34. The fourth-order valence-electron chi connectivity index (χ4n) is 1.32. The molecular weight excluding hydrogens is 154 g/mol. The Morgan fingerprint density at radius 2 is 2.42 bits per heavy atom. The average Bonchev–Trinajstić information content (AvgIpc) is 2.00. The van der Waals surface area contributed by atoms with Crippen molar-refractivity contribution in [3.63, 3.8) is 0 Å². The molecule has 1 saturated carbocycles. The predicted molar refractivity (Wildman–Crippen MR) is 46.8 cm³/mol. The lowest BCUT2D eigenvalue weighted by Crippen LogP contribution is -2.47. The summed E-state index contributed by atoms with van der Waals surface area (Å²) in [6.45, 7) is 6.12. The maximum absolute atomic E-state index is 10.8. The van der Waals surface area contributed by atoms with Crippen molar-refractivity contribution >= 4 is 5.91 Å². The van der Waals surface area contributed by atoms with E-state index in [1.165, 1.54) is 6.08 Å². The Balaban J connectivity index is 2.09. The van der Waals surface area contributed by atoms with E-state index in [1.807, 2.05) is 6.92 Å². The van der Waals surface area contributed by atoms with Gasteiger partial charge in [0.15, 0.2) is 0 Å². The first-order valence-electron chi connectivity index (χ1n) is 4.30. The molecule has 0 bridgehead atoms. The summed E-state index contributed by atoms with van der Waals surface area (Å²) in [5, 5.41) is 2.82. The standard InChI is InChI=1S/C9H15NO2/c1-3-9(11)10-7-5-8(6-7)12-4-2/h3,7-8H,1,4-6H2,2H3,(H,10,11). The van der Waals surface area contributed by atoms with Crippen molar-refractivity contribution in [1.82, 2.24) is 5.32 Å². The molecule has 0 radical (unpaired) electrons. The van der Waals surface area contributed by atoms with Crippen LogP contribution >= 0.6 is 0 Å². The van der Waals surface area contributed by atoms with Crippen LogP contribution in [0.25, 0.3) is 0 Å². The van der Waals surface area contributed by atoms with Gasteiger partial charge in [-0.1, -0.05) is 6.58 Å². The number of hydrogen-bond acceptors (Lipinski definition) is 2. The van der Waals surface area contributed by atoms with Crippen molar-refractivity contribution in [1.29, 1.82) is 0 Å². The van der Waals surface area contributed by atoms with Crippen LogP contribution in [0.2, 0.25) is 0 Å². The molecule has 12 heavy (non-hydrogen) atoms. The summed E-state index contributed by atoms with van der Waals surface area (Å²) in [6.07, 6.45) is 3.53. The highest BCUT2D eigenvalue weighted by Gasteiger charge is 2.29. The summed E-state index contributed by atoms with van der Waals surface area (Å²) < 4.78 is 5.35. The molecule has 0 heterocycles. The van der Waals surface area contributed by atoms with Crippen molar-refractivity contribution in [2.75, 3.05) is 6.61 Å². The van der Waals surface area contributed by atoms with Gasteiger partial charge in [-0.2, -0.15) is 0 Å². The lowest BCUT2D eigenvalue weighted by molar-refractivity contribution is -0.119. The van der Waals surface area contributed by atoms with Crippen LogP contribution < -0.4 is 5.32 Å². The van der Waals surface area contributed by atoms with Gasteiger partial charge in [0.1, 0.15) is 0 Å². The Kier molecular flexibility index (Phi) is 3.29. The maximum Gasteiger partial charge on any atom is 0.243 e. The molecule has 1 rings (SSSR count). The topological polar surface area (TPSA) is 38.3 Å². The minimum Gasteiger partial charge on any atom is -0.378 e. The van der Waals surface area contributed by atoms with Crippen molar-refractivity contribution in [3.05, 3.63) is 12.7 Å². The summed E-state index contributed by atoms with van der Waals surface area (Å²) in [5.74, 6) is -0.0880. The van der Waals surface area contributed by atoms with Gasteiger partial charge in [0, 0.05) is 12.6 Å².